The Hall–Kier alpha value is -1.99. The summed E-state index contributed by atoms with van der Waals surface area (Å²) in [5.74, 6) is 0.305. The lowest BCUT2D eigenvalue weighted by Gasteiger charge is -2.21. The van der Waals surface area contributed by atoms with Gasteiger partial charge in [-0.15, -0.1) is 12.4 Å². The first-order chi connectivity index (χ1) is 9.67. The van der Waals surface area contributed by atoms with Gasteiger partial charge in [0.05, 0.1) is 23.6 Å². The first-order valence-corrected chi connectivity index (χ1v) is 6.60. The lowest BCUT2D eigenvalue weighted by Crippen LogP contribution is -2.48. The molecular weight excluding hydrogens is 292 g/mol. The molecule has 0 unspecified atom stereocenters. The van der Waals surface area contributed by atoms with E-state index in [4.69, 9.17) is 5.73 Å². The lowest BCUT2D eigenvalue weighted by atomic mass is 9.98. The number of carbonyl (C=O) groups is 1. The summed E-state index contributed by atoms with van der Waals surface area (Å²) in [6.07, 6.45) is 9.97. The van der Waals surface area contributed by atoms with Crippen molar-refractivity contribution in [3.05, 3.63) is 30.9 Å². The minimum atomic E-state index is -0.745. The highest BCUT2D eigenvalue weighted by atomic mass is 35.5. The van der Waals surface area contributed by atoms with E-state index >= 15 is 0 Å². The number of anilines is 1. The van der Waals surface area contributed by atoms with Crippen molar-refractivity contribution in [3.8, 4) is 5.95 Å². The van der Waals surface area contributed by atoms with Crippen molar-refractivity contribution in [2.24, 2.45) is 5.73 Å². The molecule has 7 nitrogen and oxygen atoms in total. The predicted molar refractivity (Wildman–Crippen MR) is 80.4 cm³/mol. The topological polar surface area (TPSA) is 98.7 Å². The van der Waals surface area contributed by atoms with Crippen molar-refractivity contribution in [3.63, 3.8) is 0 Å². The van der Waals surface area contributed by atoms with Crippen LogP contribution in [0, 0.1) is 0 Å². The Labute approximate surface area is 128 Å². The zero-order valence-corrected chi connectivity index (χ0v) is 12.2. The van der Waals surface area contributed by atoms with Gasteiger partial charge >= 0.3 is 0 Å². The Morgan fingerprint density at radius 2 is 1.95 bits per heavy atom. The molecule has 21 heavy (non-hydrogen) atoms. The number of hydrogen-bond donors (Lipinski definition) is 2. The first kappa shape index (κ1) is 15.4. The van der Waals surface area contributed by atoms with Crippen LogP contribution in [0.5, 0.6) is 0 Å². The first-order valence-electron chi connectivity index (χ1n) is 6.60. The molecule has 2 aromatic heterocycles. The normalized spacial score (nSPS) is 16.2. The van der Waals surface area contributed by atoms with E-state index in [1.807, 2.05) is 0 Å². The van der Waals surface area contributed by atoms with Gasteiger partial charge in [-0.3, -0.25) is 4.79 Å². The van der Waals surface area contributed by atoms with Crippen molar-refractivity contribution in [1.29, 1.82) is 0 Å². The van der Waals surface area contributed by atoms with Crippen LogP contribution < -0.4 is 11.1 Å². The molecule has 0 radical (unpaired) electrons. The fraction of sp³-hybridized carbons (Fsp3) is 0.385. The largest absolute Gasteiger partial charge is 0.322 e. The van der Waals surface area contributed by atoms with Crippen LogP contribution in [0.25, 0.3) is 5.95 Å². The average molecular weight is 309 g/mol. The van der Waals surface area contributed by atoms with Crippen LogP contribution in [0.2, 0.25) is 0 Å². The maximum absolute atomic E-state index is 12.2. The van der Waals surface area contributed by atoms with Crippen molar-refractivity contribution >= 4 is 24.0 Å². The molecule has 0 aromatic carbocycles. The lowest BCUT2D eigenvalue weighted by molar-refractivity contribution is -0.121. The molecule has 1 fully saturated rings. The molecule has 0 aliphatic heterocycles. The zero-order chi connectivity index (χ0) is 14.0. The van der Waals surface area contributed by atoms with E-state index in [1.165, 1.54) is 4.68 Å². The number of carbonyl (C=O) groups excluding carboxylic acids is 1. The predicted octanol–water partition coefficient (Wildman–Crippen LogP) is 1.29. The standard InChI is InChI=1S/C13H16N6O.ClH/c14-13(4-1-2-5-13)11(20)18-10-8-17-19(9-10)12-15-6-3-7-16-12;/h3,6-9H,1-2,4-5,14H2,(H,18,20);1H. The quantitative estimate of drug-likeness (QED) is 0.890. The molecule has 0 bridgehead atoms. The van der Waals surface area contributed by atoms with Crippen LogP contribution in [0.3, 0.4) is 0 Å². The van der Waals surface area contributed by atoms with E-state index in [0.29, 0.717) is 11.6 Å². The van der Waals surface area contributed by atoms with Gasteiger partial charge in [-0.2, -0.15) is 5.10 Å². The molecule has 2 heterocycles. The van der Waals surface area contributed by atoms with E-state index < -0.39 is 5.54 Å². The Morgan fingerprint density at radius 3 is 2.62 bits per heavy atom. The Kier molecular flexibility index (Phi) is 4.54. The zero-order valence-electron chi connectivity index (χ0n) is 11.4. The molecule has 0 atom stereocenters. The maximum atomic E-state index is 12.2. The third kappa shape index (κ3) is 3.20. The molecule has 0 spiro atoms. The molecule has 1 aliphatic carbocycles. The molecule has 1 aliphatic rings. The Bertz CT molecular complexity index is 608. The molecular formula is C13H17ClN6O. The minimum absolute atomic E-state index is 0. The second-order valence-corrected chi connectivity index (χ2v) is 5.04. The molecule has 3 rings (SSSR count). The van der Waals surface area contributed by atoms with Gasteiger partial charge in [0, 0.05) is 12.4 Å². The SMILES string of the molecule is Cl.NC1(C(=O)Nc2cnn(-c3ncccn3)c2)CCCC1. The van der Waals surface area contributed by atoms with Crippen molar-refractivity contribution in [2.75, 3.05) is 5.32 Å². The van der Waals surface area contributed by atoms with Gasteiger partial charge in [-0.05, 0) is 18.9 Å². The van der Waals surface area contributed by atoms with Crippen LogP contribution in [0.4, 0.5) is 5.69 Å². The van der Waals surface area contributed by atoms with Gasteiger partial charge < -0.3 is 11.1 Å². The van der Waals surface area contributed by atoms with Crippen molar-refractivity contribution in [2.45, 2.75) is 31.2 Å². The average Bonchev–Trinajstić information content (AvgIpc) is 3.10. The van der Waals surface area contributed by atoms with E-state index in [9.17, 15) is 4.79 Å². The monoisotopic (exact) mass is 308 g/mol. The van der Waals surface area contributed by atoms with Crippen LogP contribution in [0.15, 0.2) is 30.9 Å². The number of hydrogen-bond acceptors (Lipinski definition) is 5. The van der Waals surface area contributed by atoms with Gasteiger partial charge in [-0.1, -0.05) is 12.8 Å². The van der Waals surface area contributed by atoms with Crippen molar-refractivity contribution in [1.82, 2.24) is 19.7 Å². The Balaban J connectivity index is 0.00000161. The molecule has 0 saturated heterocycles. The third-order valence-electron chi connectivity index (χ3n) is 3.55. The number of rotatable bonds is 3. The Morgan fingerprint density at radius 1 is 1.29 bits per heavy atom. The number of amides is 1. The fourth-order valence-electron chi connectivity index (χ4n) is 2.39. The summed E-state index contributed by atoms with van der Waals surface area (Å²) in [6, 6.07) is 1.73. The summed E-state index contributed by atoms with van der Waals surface area (Å²) in [5, 5.41) is 6.94. The van der Waals surface area contributed by atoms with Gasteiger partial charge in [0.25, 0.3) is 0 Å². The number of aromatic nitrogens is 4. The van der Waals surface area contributed by atoms with E-state index in [-0.39, 0.29) is 18.3 Å². The number of nitrogens with zero attached hydrogens (tertiary/aromatic N) is 4. The fourth-order valence-corrected chi connectivity index (χ4v) is 2.39. The highest BCUT2D eigenvalue weighted by molar-refractivity contribution is 5.98. The summed E-state index contributed by atoms with van der Waals surface area (Å²) >= 11 is 0. The summed E-state index contributed by atoms with van der Waals surface area (Å²) in [6.45, 7) is 0. The van der Waals surface area contributed by atoms with E-state index in [0.717, 1.165) is 25.7 Å². The second kappa shape index (κ2) is 6.19. The summed E-state index contributed by atoms with van der Waals surface area (Å²) in [7, 11) is 0. The van der Waals surface area contributed by atoms with Crippen LogP contribution in [-0.2, 0) is 4.79 Å². The van der Waals surface area contributed by atoms with Gasteiger partial charge in [0.2, 0.25) is 11.9 Å². The highest BCUT2D eigenvalue weighted by Gasteiger charge is 2.37. The van der Waals surface area contributed by atoms with Crippen LogP contribution >= 0.6 is 12.4 Å². The van der Waals surface area contributed by atoms with Gasteiger partial charge in [0.1, 0.15) is 0 Å². The highest BCUT2D eigenvalue weighted by Crippen LogP contribution is 2.28. The third-order valence-corrected chi connectivity index (χ3v) is 3.55. The summed E-state index contributed by atoms with van der Waals surface area (Å²) in [5.41, 5.74) is 5.96. The van der Waals surface area contributed by atoms with Crippen LogP contribution in [-0.4, -0.2) is 31.2 Å². The number of halogens is 1. The molecule has 2 aromatic rings. The van der Waals surface area contributed by atoms with Gasteiger partial charge in [-0.25, -0.2) is 14.6 Å². The smallest absolute Gasteiger partial charge is 0.250 e. The number of nitrogens with two attached hydrogens (primary N) is 1. The number of nitrogens with one attached hydrogen (secondary N) is 1. The summed E-state index contributed by atoms with van der Waals surface area (Å²) < 4.78 is 1.51. The molecule has 8 heteroatoms. The van der Waals surface area contributed by atoms with E-state index in [2.05, 4.69) is 20.4 Å². The van der Waals surface area contributed by atoms with Crippen LogP contribution in [0.1, 0.15) is 25.7 Å². The minimum Gasteiger partial charge on any atom is -0.322 e. The molecule has 1 amide bonds. The summed E-state index contributed by atoms with van der Waals surface area (Å²) in [4.78, 5) is 20.3. The second-order valence-electron chi connectivity index (χ2n) is 5.04. The van der Waals surface area contributed by atoms with Gasteiger partial charge in [0.15, 0.2) is 0 Å². The molecule has 112 valence electrons. The van der Waals surface area contributed by atoms with E-state index in [1.54, 1.807) is 30.9 Å². The van der Waals surface area contributed by atoms with Crippen molar-refractivity contribution < 1.29 is 4.79 Å². The molecule has 1 saturated carbocycles. The maximum Gasteiger partial charge on any atom is 0.250 e. The molecule has 3 N–H and O–H groups in total.